The van der Waals surface area contributed by atoms with Gasteiger partial charge in [-0.3, -0.25) is 0 Å². The number of halogens is 1. The van der Waals surface area contributed by atoms with Crippen LogP contribution in [0, 0.1) is 12.7 Å². The predicted octanol–water partition coefficient (Wildman–Crippen LogP) is 3.07. The largest absolute Gasteiger partial charge is 0.376 e. The van der Waals surface area contributed by atoms with E-state index in [0.717, 1.165) is 36.8 Å². The van der Waals surface area contributed by atoms with Crippen LogP contribution in [0.2, 0.25) is 0 Å². The van der Waals surface area contributed by atoms with Crippen LogP contribution in [-0.4, -0.2) is 48.8 Å². The fourth-order valence-corrected chi connectivity index (χ4v) is 3.81. The molecule has 0 N–H and O–H groups in total. The summed E-state index contributed by atoms with van der Waals surface area (Å²) in [6.45, 7) is 3.22. The van der Waals surface area contributed by atoms with Crippen LogP contribution < -0.4 is 0 Å². The van der Waals surface area contributed by atoms with Crippen LogP contribution in [0.25, 0.3) is 11.4 Å². The predicted molar refractivity (Wildman–Crippen MR) is 100 cm³/mol. The lowest BCUT2D eigenvalue weighted by Gasteiger charge is -2.09. The average Bonchev–Trinajstić information content (AvgIpc) is 3.44. The molecular weight excluding hydrogens is 383 g/mol. The van der Waals surface area contributed by atoms with Gasteiger partial charge >= 0.3 is 0 Å². The Morgan fingerprint density at radius 2 is 2.29 bits per heavy atom. The Morgan fingerprint density at radius 3 is 3.11 bits per heavy atom. The van der Waals surface area contributed by atoms with Crippen LogP contribution in [0.3, 0.4) is 0 Å². The van der Waals surface area contributed by atoms with Crippen LogP contribution in [-0.2, 0) is 17.7 Å². The lowest BCUT2D eigenvalue weighted by Crippen LogP contribution is -2.16. The first-order chi connectivity index (χ1) is 13.7. The summed E-state index contributed by atoms with van der Waals surface area (Å²) >= 11 is 1.59. The van der Waals surface area contributed by atoms with E-state index in [1.807, 2.05) is 0 Å². The number of aryl methyl sites for hydroxylation is 2. The number of benzene rings is 1. The van der Waals surface area contributed by atoms with E-state index in [1.165, 1.54) is 6.07 Å². The van der Waals surface area contributed by atoms with Crippen molar-refractivity contribution in [2.45, 2.75) is 50.4 Å². The molecule has 1 saturated heterocycles. The monoisotopic (exact) mass is 404 g/mol. The second-order valence-corrected chi connectivity index (χ2v) is 7.77. The third-order valence-corrected chi connectivity index (χ3v) is 5.61. The number of hydrogen-bond donors (Lipinski definition) is 0. The summed E-state index contributed by atoms with van der Waals surface area (Å²) in [7, 11) is 0. The molecule has 0 aliphatic carbocycles. The van der Waals surface area contributed by atoms with Crippen molar-refractivity contribution in [3.8, 4) is 11.4 Å². The lowest BCUT2D eigenvalue weighted by molar-refractivity contribution is 0.0912. The number of nitrogens with zero attached hydrogens (tertiary/aromatic N) is 6. The molecule has 0 saturated carbocycles. The third kappa shape index (κ3) is 4.56. The van der Waals surface area contributed by atoms with Crippen molar-refractivity contribution >= 4 is 11.8 Å². The van der Waals surface area contributed by atoms with Crippen LogP contribution in [0.1, 0.15) is 30.7 Å². The molecule has 0 radical (unpaired) electrons. The normalized spacial score (nSPS) is 16.7. The molecular formula is C18H21FN6O2S. The van der Waals surface area contributed by atoms with Gasteiger partial charge in [0.2, 0.25) is 16.9 Å². The molecule has 148 valence electrons. The molecule has 1 atom stereocenters. The van der Waals surface area contributed by atoms with Crippen molar-refractivity contribution in [2.24, 2.45) is 0 Å². The second kappa shape index (κ2) is 8.78. The van der Waals surface area contributed by atoms with Crippen LogP contribution in [0.15, 0.2) is 27.9 Å². The number of tetrazole rings is 1. The maximum atomic E-state index is 13.7. The zero-order valence-electron chi connectivity index (χ0n) is 15.5. The summed E-state index contributed by atoms with van der Waals surface area (Å²) in [6, 6.07) is 4.92. The summed E-state index contributed by atoms with van der Waals surface area (Å²) in [5, 5.41) is 16.6. The second-order valence-electron chi connectivity index (χ2n) is 6.71. The van der Waals surface area contributed by atoms with Crippen LogP contribution >= 0.6 is 11.8 Å². The lowest BCUT2D eigenvalue weighted by atomic mass is 10.1. The van der Waals surface area contributed by atoms with Crippen LogP contribution in [0.4, 0.5) is 4.39 Å². The summed E-state index contributed by atoms with van der Waals surface area (Å²) < 4.78 is 26.4. The fourth-order valence-electron chi connectivity index (χ4n) is 2.99. The Hall–Kier alpha value is -2.33. The molecule has 4 rings (SSSR count). The van der Waals surface area contributed by atoms with E-state index in [0.29, 0.717) is 35.8 Å². The van der Waals surface area contributed by atoms with Gasteiger partial charge in [0.25, 0.3) is 0 Å². The van der Waals surface area contributed by atoms with Crippen molar-refractivity contribution < 1.29 is 13.7 Å². The molecule has 10 heteroatoms. The van der Waals surface area contributed by atoms with E-state index in [9.17, 15) is 4.39 Å². The first-order valence-electron chi connectivity index (χ1n) is 9.29. The number of rotatable bonds is 8. The first-order valence-corrected chi connectivity index (χ1v) is 10.3. The van der Waals surface area contributed by atoms with E-state index in [4.69, 9.17) is 9.26 Å². The minimum Gasteiger partial charge on any atom is -0.376 e. The van der Waals surface area contributed by atoms with Crippen molar-refractivity contribution in [2.75, 3.05) is 12.4 Å². The van der Waals surface area contributed by atoms with Crippen LogP contribution in [0.5, 0.6) is 0 Å². The molecule has 1 aliphatic heterocycles. The highest BCUT2D eigenvalue weighted by Gasteiger charge is 2.19. The molecule has 2 aromatic heterocycles. The van der Waals surface area contributed by atoms with E-state index >= 15 is 0 Å². The van der Waals surface area contributed by atoms with Gasteiger partial charge in [-0.15, -0.1) is 5.10 Å². The van der Waals surface area contributed by atoms with Gasteiger partial charge in [0.1, 0.15) is 5.82 Å². The van der Waals surface area contributed by atoms with Crippen molar-refractivity contribution in [1.82, 2.24) is 30.3 Å². The minimum atomic E-state index is -0.277. The molecule has 1 unspecified atom stereocenters. The van der Waals surface area contributed by atoms with Gasteiger partial charge in [-0.25, -0.2) is 9.07 Å². The first kappa shape index (κ1) is 19.0. The Kier molecular flexibility index (Phi) is 5.96. The van der Waals surface area contributed by atoms with Gasteiger partial charge in [0.05, 0.1) is 12.6 Å². The minimum absolute atomic E-state index is 0.200. The molecule has 1 fully saturated rings. The number of aromatic nitrogens is 6. The molecule has 0 spiro atoms. The third-order valence-electron chi connectivity index (χ3n) is 4.56. The maximum Gasteiger partial charge on any atom is 0.226 e. The van der Waals surface area contributed by atoms with E-state index in [1.54, 1.807) is 35.5 Å². The number of thioether (sulfide) groups is 1. The molecule has 0 amide bonds. The average molecular weight is 404 g/mol. The van der Waals surface area contributed by atoms with E-state index in [2.05, 4.69) is 25.7 Å². The van der Waals surface area contributed by atoms with Gasteiger partial charge in [0, 0.05) is 24.3 Å². The SMILES string of the molecule is Cc1ccc(-c2noc(CCCSc3nnnn3CC3CCCO3)n2)cc1F. The molecule has 28 heavy (non-hydrogen) atoms. The van der Waals surface area contributed by atoms with Gasteiger partial charge in [-0.1, -0.05) is 29.1 Å². The summed E-state index contributed by atoms with van der Waals surface area (Å²) in [5.74, 6) is 1.49. The Bertz CT molecular complexity index is 924. The zero-order valence-corrected chi connectivity index (χ0v) is 16.4. The molecule has 8 nitrogen and oxygen atoms in total. The number of ether oxygens (including phenoxy) is 1. The molecule has 1 aliphatic rings. The van der Waals surface area contributed by atoms with E-state index < -0.39 is 0 Å². The van der Waals surface area contributed by atoms with Gasteiger partial charge in [-0.2, -0.15) is 4.98 Å². The van der Waals surface area contributed by atoms with Crippen molar-refractivity contribution in [1.29, 1.82) is 0 Å². The molecule has 3 heterocycles. The van der Waals surface area contributed by atoms with Gasteiger partial charge in [-0.05, 0) is 48.2 Å². The molecule has 1 aromatic carbocycles. The summed E-state index contributed by atoms with van der Waals surface area (Å²) in [4.78, 5) is 4.36. The topological polar surface area (TPSA) is 91.8 Å². The Balaban J connectivity index is 1.26. The molecule has 3 aromatic rings. The van der Waals surface area contributed by atoms with Gasteiger partial charge < -0.3 is 9.26 Å². The van der Waals surface area contributed by atoms with Crippen molar-refractivity contribution in [3.05, 3.63) is 35.5 Å². The highest BCUT2D eigenvalue weighted by atomic mass is 32.2. The van der Waals surface area contributed by atoms with Crippen molar-refractivity contribution in [3.63, 3.8) is 0 Å². The smallest absolute Gasteiger partial charge is 0.226 e. The molecule has 0 bridgehead atoms. The standard InChI is InChI=1S/C18H21FN6O2S/c1-12-6-7-13(10-15(12)19)17-20-16(27-22-17)5-3-9-28-18-21-23-24-25(18)11-14-4-2-8-26-14/h6-7,10,14H,2-5,8-9,11H2,1H3. The summed E-state index contributed by atoms with van der Waals surface area (Å²) in [6.07, 6.45) is 3.82. The Labute approximate surface area is 165 Å². The fraction of sp³-hybridized carbons (Fsp3) is 0.500. The summed E-state index contributed by atoms with van der Waals surface area (Å²) in [5.41, 5.74) is 1.20. The Morgan fingerprint density at radius 1 is 1.36 bits per heavy atom. The quantitative estimate of drug-likeness (QED) is 0.418. The maximum absolute atomic E-state index is 13.7. The highest BCUT2D eigenvalue weighted by molar-refractivity contribution is 7.99. The zero-order chi connectivity index (χ0) is 19.3. The van der Waals surface area contributed by atoms with E-state index in [-0.39, 0.29) is 11.9 Å². The number of hydrogen-bond acceptors (Lipinski definition) is 8. The highest BCUT2D eigenvalue weighted by Crippen LogP contribution is 2.21. The van der Waals surface area contributed by atoms with Gasteiger partial charge in [0.15, 0.2) is 0 Å².